The van der Waals surface area contributed by atoms with E-state index < -0.39 is 0 Å². The number of phenols is 1. The number of hydroxylamine groups is 2. The van der Waals surface area contributed by atoms with Gasteiger partial charge in [-0.15, -0.1) is 0 Å². The molecule has 2 aromatic rings. The third kappa shape index (κ3) is 2.52. The first-order valence-corrected chi connectivity index (χ1v) is 7.03. The molecule has 0 fully saturated rings. The van der Waals surface area contributed by atoms with Crippen molar-refractivity contribution >= 4 is 11.6 Å². The van der Waals surface area contributed by atoms with Gasteiger partial charge >= 0.3 is 0 Å². The Labute approximate surface area is 123 Å². The SMILES string of the molecule is Oc1cc2c(cc1Cl)CCN(O)CC2c1ccccc1. The summed E-state index contributed by atoms with van der Waals surface area (Å²) in [7, 11) is 0. The molecule has 0 amide bonds. The number of halogens is 1. The van der Waals surface area contributed by atoms with Crippen LogP contribution in [0.5, 0.6) is 5.75 Å². The number of rotatable bonds is 1. The minimum atomic E-state index is 0.0295. The fourth-order valence-corrected chi connectivity index (χ4v) is 2.97. The minimum Gasteiger partial charge on any atom is -0.506 e. The molecule has 0 radical (unpaired) electrons. The lowest BCUT2D eigenvalue weighted by atomic mass is 9.88. The predicted octanol–water partition coefficient (Wildman–Crippen LogP) is 3.42. The number of hydrogen-bond acceptors (Lipinski definition) is 3. The van der Waals surface area contributed by atoms with Gasteiger partial charge in [-0.25, -0.2) is 0 Å². The van der Waals surface area contributed by atoms with Crippen molar-refractivity contribution in [3.05, 3.63) is 64.2 Å². The molecule has 0 bridgehead atoms. The monoisotopic (exact) mass is 289 g/mol. The molecule has 1 atom stereocenters. The fourth-order valence-electron chi connectivity index (χ4n) is 2.78. The zero-order valence-electron chi connectivity index (χ0n) is 11.0. The highest BCUT2D eigenvalue weighted by Crippen LogP contribution is 2.36. The molecular formula is C16H16ClNO2. The molecule has 0 spiro atoms. The Morgan fingerprint density at radius 3 is 2.65 bits per heavy atom. The molecule has 1 unspecified atom stereocenters. The van der Waals surface area contributed by atoms with Gasteiger partial charge in [0, 0.05) is 19.0 Å². The minimum absolute atomic E-state index is 0.0295. The maximum absolute atomic E-state index is 9.97. The third-order valence-electron chi connectivity index (χ3n) is 3.82. The van der Waals surface area contributed by atoms with E-state index in [1.54, 1.807) is 12.1 Å². The highest BCUT2D eigenvalue weighted by molar-refractivity contribution is 6.32. The average molecular weight is 290 g/mol. The summed E-state index contributed by atoms with van der Waals surface area (Å²) in [5, 5.41) is 21.6. The van der Waals surface area contributed by atoms with E-state index in [9.17, 15) is 10.3 Å². The number of phenolic OH excluding ortho intramolecular Hbond substituents is 1. The summed E-state index contributed by atoms with van der Waals surface area (Å²) in [5.74, 6) is 0.125. The molecule has 1 heterocycles. The molecule has 3 rings (SSSR count). The lowest BCUT2D eigenvalue weighted by Crippen LogP contribution is -2.25. The smallest absolute Gasteiger partial charge is 0.134 e. The quantitative estimate of drug-likeness (QED) is 0.845. The second-order valence-corrected chi connectivity index (χ2v) is 5.54. The van der Waals surface area contributed by atoms with Gasteiger partial charge in [-0.3, -0.25) is 0 Å². The summed E-state index contributed by atoms with van der Waals surface area (Å²) in [5.41, 5.74) is 3.24. The lowest BCUT2D eigenvalue weighted by molar-refractivity contribution is -0.0896. The number of benzene rings is 2. The van der Waals surface area contributed by atoms with Crippen LogP contribution < -0.4 is 0 Å². The molecule has 3 nitrogen and oxygen atoms in total. The van der Waals surface area contributed by atoms with Crippen molar-refractivity contribution in [3.63, 3.8) is 0 Å². The van der Waals surface area contributed by atoms with Gasteiger partial charge in [0.1, 0.15) is 5.75 Å². The Morgan fingerprint density at radius 1 is 1.15 bits per heavy atom. The number of fused-ring (bicyclic) bond motifs is 1. The third-order valence-corrected chi connectivity index (χ3v) is 4.12. The fraction of sp³-hybridized carbons (Fsp3) is 0.250. The summed E-state index contributed by atoms with van der Waals surface area (Å²) >= 11 is 6.00. The first kappa shape index (κ1) is 13.4. The molecule has 20 heavy (non-hydrogen) atoms. The van der Waals surface area contributed by atoms with Crippen LogP contribution in [0.2, 0.25) is 5.02 Å². The Hall–Kier alpha value is -1.55. The van der Waals surface area contributed by atoms with Gasteiger partial charge in [-0.1, -0.05) is 41.9 Å². The average Bonchev–Trinajstić information content (AvgIpc) is 2.61. The van der Waals surface area contributed by atoms with Crippen LogP contribution in [-0.4, -0.2) is 28.5 Å². The highest BCUT2D eigenvalue weighted by Gasteiger charge is 2.25. The van der Waals surface area contributed by atoms with E-state index in [1.165, 1.54) is 5.06 Å². The van der Waals surface area contributed by atoms with E-state index in [0.29, 0.717) is 18.1 Å². The molecule has 1 aliphatic rings. The number of nitrogens with zero attached hydrogens (tertiary/aromatic N) is 1. The summed E-state index contributed by atoms with van der Waals surface area (Å²) in [6.45, 7) is 1.08. The van der Waals surface area contributed by atoms with Crippen LogP contribution in [0.25, 0.3) is 0 Å². The molecule has 0 saturated heterocycles. The second-order valence-electron chi connectivity index (χ2n) is 5.13. The van der Waals surface area contributed by atoms with Gasteiger partial charge in [0.15, 0.2) is 0 Å². The van der Waals surface area contributed by atoms with E-state index in [1.807, 2.05) is 30.3 Å². The lowest BCUT2D eigenvalue weighted by Gasteiger charge is -2.21. The van der Waals surface area contributed by atoms with Crippen molar-refractivity contribution in [3.8, 4) is 5.75 Å². The molecule has 1 aliphatic heterocycles. The molecular weight excluding hydrogens is 274 g/mol. The van der Waals surface area contributed by atoms with E-state index in [-0.39, 0.29) is 11.7 Å². The van der Waals surface area contributed by atoms with Gasteiger partial charge in [0.25, 0.3) is 0 Å². The zero-order valence-corrected chi connectivity index (χ0v) is 11.7. The van der Waals surface area contributed by atoms with Crippen molar-refractivity contribution in [2.24, 2.45) is 0 Å². The summed E-state index contributed by atoms with van der Waals surface area (Å²) < 4.78 is 0. The maximum Gasteiger partial charge on any atom is 0.134 e. The Bertz CT molecular complexity index is 615. The Kier molecular flexibility index (Phi) is 3.66. The molecule has 4 heteroatoms. The Morgan fingerprint density at radius 2 is 1.90 bits per heavy atom. The van der Waals surface area contributed by atoms with Crippen LogP contribution in [0.4, 0.5) is 0 Å². The van der Waals surface area contributed by atoms with Crippen LogP contribution in [0.15, 0.2) is 42.5 Å². The predicted molar refractivity (Wildman–Crippen MR) is 78.5 cm³/mol. The maximum atomic E-state index is 9.97. The zero-order chi connectivity index (χ0) is 14.1. The van der Waals surface area contributed by atoms with Crippen LogP contribution >= 0.6 is 11.6 Å². The summed E-state index contributed by atoms with van der Waals surface area (Å²) in [6, 6.07) is 13.6. The van der Waals surface area contributed by atoms with E-state index in [2.05, 4.69) is 0 Å². The van der Waals surface area contributed by atoms with E-state index in [0.717, 1.165) is 23.1 Å². The van der Waals surface area contributed by atoms with Gasteiger partial charge in [0.05, 0.1) is 5.02 Å². The van der Waals surface area contributed by atoms with Gasteiger partial charge in [0.2, 0.25) is 0 Å². The van der Waals surface area contributed by atoms with Crippen molar-refractivity contribution in [2.75, 3.05) is 13.1 Å². The van der Waals surface area contributed by atoms with Crippen molar-refractivity contribution in [2.45, 2.75) is 12.3 Å². The van der Waals surface area contributed by atoms with Gasteiger partial charge in [-0.05, 0) is 35.2 Å². The van der Waals surface area contributed by atoms with Crippen molar-refractivity contribution in [1.29, 1.82) is 0 Å². The van der Waals surface area contributed by atoms with Gasteiger partial charge in [-0.2, -0.15) is 5.06 Å². The van der Waals surface area contributed by atoms with Crippen LogP contribution in [-0.2, 0) is 6.42 Å². The van der Waals surface area contributed by atoms with E-state index >= 15 is 0 Å². The van der Waals surface area contributed by atoms with Crippen molar-refractivity contribution < 1.29 is 10.3 Å². The number of aromatic hydroxyl groups is 1. The molecule has 2 N–H and O–H groups in total. The normalized spacial score (nSPS) is 19.4. The first-order valence-electron chi connectivity index (χ1n) is 6.65. The molecule has 2 aromatic carbocycles. The standard InChI is InChI=1S/C16H16ClNO2/c17-15-8-12-6-7-18(20)10-14(13(12)9-16(15)19)11-4-2-1-3-5-11/h1-5,8-9,14,19-20H,6-7,10H2. The molecule has 0 saturated carbocycles. The molecule has 0 aromatic heterocycles. The van der Waals surface area contributed by atoms with Crippen LogP contribution in [0, 0.1) is 0 Å². The summed E-state index contributed by atoms with van der Waals surface area (Å²) in [4.78, 5) is 0. The van der Waals surface area contributed by atoms with Gasteiger partial charge < -0.3 is 10.3 Å². The summed E-state index contributed by atoms with van der Waals surface area (Å²) in [6.07, 6.45) is 0.717. The number of hydrogen-bond donors (Lipinski definition) is 2. The molecule has 0 aliphatic carbocycles. The first-order chi connectivity index (χ1) is 9.65. The highest BCUT2D eigenvalue weighted by atomic mass is 35.5. The molecule has 104 valence electrons. The topological polar surface area (TPSA) is 43.7 Å². The van der Waals surface area contributed by atoms with Crippen LogP contribution in [0.1, 0.15) is 22.6 Å². The van der Waals surface area contributed by atoms with Crippen molar-refractivity contribution in [1.82, 2.24) is 5.06 Å². The largest absolute Gasteiger partial charge is 0.506 e. The Balaban J connectivity index is 2.12. The van der Waals surface area contributed by atoms with E-state index in [4.69, 9.17) is 11.6 Å². The van der Waals surface area contributed by atoms with Crippen LogP contribution in [0.3, 0.4) is 0 Å². The second kappa shape index (κ2) is 5.44.